The number of carbonyl (C=O) groups excluding carboxylic acids is 2. The molecule has 5 rings (SSSR count). The first kappa shape index (κ1) is 25.0. The Hall–Kier alpha value is -3.68. The topological polar surface area (TPSA) is 151 Å². The van der Waals surface area contributed by atoms with Crippen LogP contribution in [-0.4, -0.2) is 109 Å². The molecule has 3 amide bonds. The number of piperazine rings is 1. The number of hydrogen-bond donors (Lipinski definition) is 4. The number of H-pyrrole nitrogens is 1. The van der Waals surface area contributed by atoms with E-state index in [9.17, 15) is 23.1 Å². The van der Waals surface area contributed by atoms with E-state index in [-0.39, 0.29) is 22.7 Å². The second kappa shape index (κ2) is 10.00. The molecule has 4 heterocycles. The molecule has 37 heavy (non-hydrogen) atoms. The molecule has 0 spiro atoms. The number of amides is 3. The van der Waals surface area contributed by atoms with Gasteiger partial charge in [0, 0.05) is 75.0 Å². The lowest BCUT2D eigenvalue weighted by atomic mass is 10.1. The molecule has 0 unspecified atom stereocenters. The van der Waals surface area contributed by atoms with Crippen LogP contribution < -0.4 is 10.6 Å². The number of benzene rings is 1. The third kappa shape index (κ3) is 4.97. The molecule has 0 bridgehead atoms. The third-order valence-electron chi connectivity index (χ3n) is 6.75. The number of nitrogens with one attached hydrogen (secondary N) is 3. The normalized spacial score (nSPS) is 17.3. The quantitative estimate of drug-likeness (QED) is 0.352. The van der Waals surface area contributed by atoms with Crippen LogP contribution in [0.25, 0.3) is 22.2 Å². The van der Waals surface area contributed by atoms with Crippen LogP contribution in [0.2, 0.25) is 0 Å². The summed E-state index contributed by atoms with van der Waals surface area (Å²) in [6.07, 6.45) is 1.30. The monoisotopic (exact) mass is 527 g/mol. The first-order valence-corrected chi connectivity index (χ1v) is 13.5. The molecule has 2 aliphatic rings. The lowest BCUT2D eigenvalue weighted by Gasteiger charge is -2.31. The Morgan fingerprint density at radius 1 is 1.14 bits per heavy atom. The number of aromatic amines is 1. The van der Waals surface area contributed by atoms with Gasteiger partial charge in [-0.3, -0.25) is 9.78 Å². The van der Waals surface area contributed by atoms with Crippen LogP contribution in [0.3, 0.4) is 0 Å². The standard InChI is InChI=1S/C24H29N7O5S/c1-29-10-12-31(13-11-29)37(35,36)17-3-5-20(27-15-17)21-18-14-16(2-4-19(18)28-23(21)33)22(32)25-6-8-30-9-7-26-24(30)34/h2-5,14-15,28,33H,6-13H2,1H3,(H,25,32)(H,26,34). The van der Waals surface area contributed by atoms with Gasteiger partial charge in [-0.15, -0.1) is 0 Å². The molecule has 1 aromatic carbocycles. The van der Waals surface area contributed by atoms with Gasteiger partial charge in [-0.25, -0.2) is 13.2 Å². The van der Waals surface area contributed by atoms with Crippen LogP contribution in [0.15, 0.2) is 41.4 Å². The van der Waals surface area contributed by atoms with Crippen LogP contribution in [0.4, 0.5) is 4.79 Å². The van der Waals surface area contributed by atoms with Gasteiger partial charge in [0.25, 0.3) is 5.91 Å². The average molecular weight is 528 g/mol. The number of hydrogen-bond acceptors (Lipinski definition) is 7. The van der Waals surface area contributed by atoms with Crippen molar-refractivity contribution in [3.8, 4) is 17.1 Å². The summed E-state index contributed by atoms with van der Waals surface area (Å²) < 4.78 is 27.5. The zero-order valence-corrected chi connectivity index (χ0v) is 21.2. The SMILES string of the molecule is CN1CCN(S(=O)(=O)c2ccc(-c3c(O)[nH]c4ccc(C(=O)NCCN5CCNC5=O)cc34)nc2)CC1. The summed E-state index contributed by atoms with van der Waals surface area (Å²) in [6.45, 7) is 4.08. The maximum absolute atomic E-state index is 13.0. The highest BCUT2D eigenvalue weighted by Crippen LogP contribution is 2.36. The molecule has 196 valence electrons. The van der Waals surface area contributed by atoms with Crippen molar-refractivity contribution >= 4 is 32.9 Å². The van der Waals surface area contributed by atoms with Crippen molar-refractivity contribution < 1.29 is 23.1 Å². The number of pyridine rings is 1. The van der Waals surface area contributed by atoms with E-state index >= 15 is 0 Å². The lowest BCUT2D eigenvalue weighted by molar-refractivity contribution is 0.0950. The first-order valence-electron chi connectivity index (χ1n) is 12.0. The first-order chi connectivity index (χ1) is 17.7. The van der Waals surface area contributed by atoms with Crippen LogP contribution in [0, 0.1) is 0 Å². The van der Waals surface area contributed by atoms with Crippen LogP contribution >= 0.6 is 0 Å². The number of carbonyl (C=O) groups is 2. The van der Waals surface area contributed by atoms with Crippen molar-refractivity contribution in [1.29, 1.82) is 0 Å². The van der Waals surface area contributed by atoms with Gasteiger partial charge in [0.2, 0.25) is 10.0 Å². The highest BCUT2D eigenvalue weighted by atomic mass is 32.2. The zero-order valence-electron chi connectivity index (χ0n) is 20.4. The minimum atomic E-state index is -3.67. The van der Waals surface area contributed by atoms with Crippen molar-refractivity contribution in [2.24, 2.45) is 0 Å². The molecule has 2 fully saturated rings. The summed E-state index contributed by atoms with van der Waals surface area (Å²) >= 11 is 0. The van der Waals surface area contributed by atoms with Gasteiger partial charge in [-0.1, -0.05) is 0 Å². The molecule has 3 aromatic rings. The molecule has 0 radical (unpaired) electrons. The molecule has 12 nitrogen and oxygen atoms in total. The second-order valence-electron chi connectivity index (χ2n) is 9.17. The van der Waals surface area contributed by atoms with Gasteiger partial charge in [-0.2, -0.15) is 4.31 Å². The molecule has 13 heteroatoms. The van der Waals surface area contributed by atoms with Crippen molar-refractivity contribution in [2.75, 3.05) is 59.4 Å². The Kier molecular flexibility index (Phi) is 6.75. The number of rotatable bonds is 7. The number of aromatic nitrogens is 2. The van der Waals surface area contributed by atoms with Gasteiger partial charge >= 0.3 is 6.03 Å². The van der Waals surface area contributed by atoms with Gasteiger partial charge < -0.3 is 30.5 Å². The Labute approximate surface area is 214 Å². The van der Waals surface area contributed by atoms with Crippen molar-refractivity contribution in [2.45, 2.75) is 4.90 Å². The van der Waals surface area contributed by atoms with Gasteiger partial charge in [-0.05, 0) is 37.4 Å². The molecule has 0 atom stereocenters. The van der Waals surface area contributed by atoms with E-state index in [0.29, 0.717) is 80.1 Å². The summed E-state index contributed by atoms with van der Waals surface area (Å²) in [5, 5.41) is 16.7. The highest BCUT2D eigenvalue weighted by Gasteiger charge is 2.28. The van der Waals surface area contributed by atoms with E-state index in [1.807, 2.05) is 7.05 Å². The fraction of sp³-hybridized carbons (Fsp3) is 0.375. The Morgan fingerprint density at radius 3 is 2.59 bits per heavy atom. The van der Waals surface area contributed by atoms with Crippen LogP contribution in [0.1, 0.15) is 10.4 Å². The van der Waals surface area contributed by atoms with E-state index in [1.165, 1.54) is 16.6 Å². The number of fused-ring (bicyclic) bond motifs is 1. The van der Waals surface area contributed by atoms with Crippen molar-refractivity contribution in [3.63, 3.8) is 0 Å². The lowest BCUT2D eigenvalue weighted by Crippen LogP contribution is -2.47. The Morgan fingerprint density at radius 2 is 1.92 bits per heavy atom. The van der Waals surface area contributed by atoms with Crippen LogP contribution in [0.5, 0.6) is 5.88 Å². The fourth-order valence-electron chi connectivity index (χ4n) is 4.57. The average Bonchev–Trinajstić information content (AvgIpc) is 3.45. The number of nitrogens with zero attached hydrogens (tertiary/aromatic N) is 4. The largest absolute Gasteiger partial charge is 0.494 e. The predicted molar refractivity (Wildman–Crippen MR) is 137 cm³/mol. The molecular formula is C24H29N7O5S. The van der Waals surface area contributed by atoms with E-state index < -0.39 is 10.0 Å². The van der Waals surface area contributed by atoms with E-state index in [0.717, 1.165) is 0 Å². The van der Waals surface area contributed by atoms with Crippen molar-refractivity contribution in [1.82, 2.24) is 34.7 Å². The summed E-state index contributed by atoms with van der Waals surface area (Å²) in [5.74, 6) is -0.440. The van der Waals surface area contributed by atoms with E-state index in [4.69, 9.17) is 0 Å². The minimum Gasteiger partial charge on any atom is -0.494 e. The smallest absolute Gasteiger partial charge is 0.317 e. The molecule has 2 aromatic heterocycles. The fourth-order valence-corrected chi connectivity index (χ4v) is 5.94. The Balaban J connectivity index is 1.35. The maximum Gasteiger partial charge on any atom is 0.317 e. The third-order valence-corrected chi connectivity index (χ3v) is 8.63. The summed E-state index contributed by atoms with van der Waals surface area (Å²) in [6, 6.07) is 7.87. The predicted octanol–water partition coefficient (Wildman–Crippen LogP) is 0.627. The minimum absolute atomic E-state index is 0.0897. The molecule has 2 aliphatic heterocycles. The zero-order chi connectivity index (χ0) is 26.2. The maximum atomic E-state index is 13.0. The number of sulfonamides is 1. The van der Waals surface area contributed by atoms with E-state index in [1.54, 1.807) is 29.2 Å². The van der Waals surface area contributed by atoms with Crippen LogP contribution in [-0.2, 0) is 10.0 Å². The van der Waals surface area contributed by atoms with Crippen molar-refractivity contribution in [3.05, 3.63) is 42.1 Å². The second-order valence-corrected chi connectivity index (χ2v) is 11.1. The number of likely N-dealkylation sites (N-methyl/N-ethyl adjacent to an activating group) is 1. The van der Waals surface area contributed by atoms with Gasteiger partial charge in [0.15, 0.2) is 5.88 Å². The highest BCUT2D eigenvalue weighted by molar-refractivity contribution is 7.89. The molecule has 0 aliphatic carbocycles. The van der Waals surface area contributed by atoms with Gasteiger partial charge in [0.1, 0.15) is 4.90 Å². The summed E-state index contributed by atoms with van der Waals surface area (Å²) in [7, 11) is -1.71. The molecule has 2 saturated heterocycles. The number of aromatic hydroxyl groups is 1. The molecule has 4 N–H and O–H groups in total. The number of urea groups is 1. The summed E-state index contributed by atoms with van der Waals surface area (Å²) in [4.78, 5) is 35.4. The molecule has 0 saturated carbocycles. The summed E-state index contributed by atoms with van der Waals surface area (Å²) in [5.41, 5.74) is 1.74. The van der Waals surface area contributed by atoms with Gasteiger partial charge in [0.05, 0.1) is 11.3 Å². The molecular weight excluding hydrogens is 498 g/mol. The Bertz CT molecular complexity index is 1430. The van der Waals surface area contributed by atoms with E-state index in [2.05, 4.69) is 25.5 Å².